The molecule has 4 aromatic rings. The van der Waals surface area contributed by atoms with Crippen LogP contribution in [0.3, 0.4) is 0 Å². The Kier molecular flexibility index (Phi) is 10.2. The molecule has 8 rings (SSSR count). The Balaban J connectivity index is 0.896. The second-order valence-corrected chi connectivity index (χ2v) is 14.1. The fourth-order valence-corrected chi connectivity index (χ4v) is 7.91. The molecular weight excluding hydrogens is 686 g/mol. The molecular formula is C40H45N9O5. The molecule has 4 atom stereocenters. The maximum atomic E-state index is 13.9. The lowest BCUT2D eigenvalue weighted by Crippen LogP contribution is -2.52. The van der Waals surface area contributed by atoms with Crippen LogP contribution in [0.15, 0.2) is 84.1 Å². The molecule has 1 unspecified atom stereocenters. The van der Waals surface area contributed by atoms with Crippen LogP contribution in [-0.4, -0.2) is 113 Å². The third-order valence-electron chi connectivity index (χ3n) is 10.8. The Bertz CT molecular complexity index is 1980. The summed E-state index contributed by atoms with van der Waals surface area (Å²) in [6, 6.07) is 20.4. The van der Waals surface area contributed by atoms with E-state index in [1.165, 1.54) is 7.11 Å². The number of benzene rings is 2. The highest BCUT2D eigenvalue weighted by atomic mass is 16.5. The van der Waals surface area contributed by atoms with Gasteiger partial charge < -0.3 is 39.8 Å². The maximum Gasteiger partial charge on any atom is 0.407 e. The number of alkyl carbamates (subject to hydrolysis) is 1. The number of ether oxygens (including phenoxy) is 2. The van der Waals surface area contributed by atoms with Crippen molar-refractivity contribution in [3.63, 3.8) is 0 Å². The van der Waals surface area contributed by atoms with E-state index in [1.807, 2.05) is 76.7 Å². The number of nitrogens with zero attached hydrogens (tertiary/aromatic N) is 6. The van der Waals surface area contributed by atoms with Crippen molar-refractivity contribution in [1.29, 1.82) is 0 Å². The highest BCUT2D eigenvalue weighted by Gasteiger charge is 2.39. The first-order chi connectivity index (χ1) is 26.5. The number of morpholine rings is 1. The lowest BCUT2D eigenvalue weighted by molar-refractivity contribution is -0.134. The molecule has 2 aromatic carbocycles. The number of imidazole rings is 1. The maximum absolute atomic E-state index is 13.9. The number of aliphatic imine (C=N–C) groups is 1. The lowest BCUT2D eigenvalue weighted by Gasteiger charge is -2.34. The second kappa shape index (κ2) is 15.7. The first-order valence-electron chi connectivity index (χ1n) is 18.7. The number of urea groups is 1. The van der Waals surface area contributed by atoms with E-state index in [0.29, 0.717) is 50.8 Å². The van der Waals surface area contributed by atoms with E-state index in [4.69, 9.17) is 24.4 Å². The van der Waals surface area contributed by atoms with Crippen molar-refractivity contribution < 1.29 is 23.9 Å². The van der Waals surface area contributed by atoms with Crippen LogP contribution in [-0.2, 0) is 14.3 Å². The molecule has 6 heterocycles. The van der Waals surface area contributed by atoms with E-state index in [2.05, 4.69) is 21.7 Å². The number of aromatic amines is 1. The number of hydrogen-bond acceptors (Lipinski definition) is 9. The lowest BCUT2D eigenvalue weighted by atomic mass is 10.0. The minimum Gasteiger partial charge on any atom is -0.453 e. The number of hydrogen-bond donors (Lipinski definition) is 3. The predicted molar refractivity (Wildman–Crippen MR) is 201 cm³/mol. The van der Waals surface area contributed by atoms with Gasteiger partial charge in [0.25, 0.3) is 5.91 Å². The van der Waals surface area contributed by atoms with E-state index in [0.717, 1.165) is 66.1 Å². The Hall–Kier alpha value is -5.76. The van der Waals surface area contributed by atoms with Crippen LogP contribution in [0, 0.1) is 0 Å². The normalized spacial score (nSPS) is 21.8. The molecule has 4 aliphatic heterocycles. The summed E-state index contributed by atoms with van der Waals surface area (Å²) in [6.07, 6.45) is 6.51. The van der Waals surface area contributed by atoms with E-state index in [1.54, 1.807) is 11.1 Å². The van der Waals surface area contributed by atoms with Gasteiger partial charge in [0, 0.05) is 37.9 Å². The minimum absolute atomic E-state index is 0.0128. The molecule has 54 heavy (non-hydrogen) atoms. The number of amidine groups is 1. The van der Waals surface area contributed by atoms with Gasteiger partial charge in [-0.2, -0.15) is 0 Å². The Morgan fingerprint density at radius 1 is 0.852 bits per heavy atom. The number of carbonyl (C=O) groups is 3. The van der Waals surface area contributed by atoms with Gasteiger partial charge in [0.2, 0.25) is 0 Å². The molecule has 280 valence electrons. The summed E-state index contributed by atoms with van der Waals surface area (Å²) < 4.78 is 10.3. The van der Waals surface area contributed by atoms with Gasteiger partial charge in [-0.3, -0.25) is 14.8 Å². The van der Waals surface area contributed by atoms with Crippen LogP contribution in [0.4, 0.5) is 9.59 Å². The van der Waals surface area contributed by atoms with Crippen molar-refractivity contribution >= 4 is 23.9 Å². The molecule has 14 nitrogen and oxygen atoms in total. The van der Waals surface area contributed by atoms with Gasteiger partial charge in [0.1, 0.15) is 17.7 Å². The van der Waals surface area contributed by atoms with E-state index < -0.39 is 12.1 Å². The van der Waals surface area contributed by atoms with E-state index in [9.17, 15) is 14.4 Å². The largest absolute Gasteiger partial charge is 0.453 e. The second-order valence-electron chi connectivity index (χ2n) is 14.1. The molecule has 0 radical (unpaired) electrons. The van der Waals surface area contributed by atoms with Crippen LogP contribution in [0.1, 0.15) is 60.8 Å². The average Bonchev–Trinajstić information content (AvgIpc) is 4.07. The summed E-state index contributed by atoms with van der Waals surface area (Å²) in [5.41, 5.74) is 5.41. The quantitative estimate of drug-likeness (QED) is 0.232. The topological polar surface area (TPSA) is 157 Å². The number of rotatable bonds is 8. The van der Waals surface area contributed by atoms with Crippen LogP contribution < -0.4 is 10.6 Å². The smallest absolute Gasteiger partial charge is 0.407 e. The van der Waals surface area contributed by atoms with E-state index >= 15 is 0 Å². The number of aromatic nitrogens is 3. The van der Waals surface area contributed by atoms with Crippen molar-refractivity contribution in [1.82, 2.24) is 40.3 Å². The monoisotopic (exact) mass is 731 g/mol. The van der Waals surface area contributed by atoms with Gasteiger partial charge in [-0.15, -0.1) is 0 Å². The summed E-state index contributed by atoms with van der Waals surface area (Å²) in [6.45, 7) is 4.36. The number of nitrogens with one attached hydrogen (secondary N) is 3. The van der Waals surface area contributed by atoms with Crippen molar-refractivity contribution in [2.75, 3.05) is 53.0 Å². The van der Waals surface area contributed by atoms with Gasteiger partial charge in [0.05, 0.1) is 62.6 Å². The molecule has 4 aliphatic rings. The van der Waals surface area contributed by atoms with Crippen LogP contribution >= 0.6 is 0 Å². The van der Waals surface area contributed by atoms with Crippen LogP contribution in [0.2, 0.25) is 0 Å². The Labute approximate surface area is 314 Å². The van der Waals surface area contributed by atoms with Crippen molar-refractivity contribution in [2.45, 2.75) is 49.9 Å². The first kappa shape index (κ1) is 35.3. The number of pyridine rings is 1. The molecule has 0 aliphatic carbocycles. The van der Waals surface area contributed by atoms with Crippen LogP contribution in [0.5, 0.6) is 0 Å². The standard InChI is InChI=1S/C40H45N9O5/c1-53-39(51)46-35(28-7-3-2-4-8-28)38(50)48-17-5-9-33(48)36-42-24-31(44-36)27-13-11-26(12-14-27)30-16-15-29(23-41-30)32-25-43-37(45-32)34-10-6-18-49(34)40(52)47-19-21-54-22-20-47/h2-4,7-8,11-16,23-24,32-35H,5-6,9-10,17-22,25H2,1H3,(H,42,44)(H,43,45)(H,46,51)/t32?,33-,34-,35+/m0/s1. The van der Waals surface area contributed by atoms with Gasteiger partial charge in [0.15, 0.2) is 0 Å². The molecule has 0 saturated carbocycles. The number of carbonyl (C=O) groups excluding carboxylic acids is 3. The molecule has 4 amide bonds. The van der Waals surface area contributed by atoms with Gasteiger partial charge in [-0.25, -0.2) is 14.6 Å². The number of methoxy groups -OCH3 is 1. The van der Waals surface area contributed by atoms with Crippen molar-refractivity contribution in [3.8, 4) is 22.5 Å². The molecule has 0 spiro atoms. The molecule has 14 heteroatoms. The highest BCUT2D eigenvalue weighted by Crippen LogP contribution is 2.34. The van der Waals surface area contributed by atoms with Crippen LogP contribution in [0.25, 0.3) is 22.5 Å². The molecule has 3 fully saturated rings. The van der Waals surface area contributed by atoms with Gasteiger partial charge >= 0.3 is 12.1 Å². The third kappa shape index (κ3) is 7.25. The molecule has 3 saturated heterocycles. The predicted octanol–water partition coefficient (Wildman–Crippen LogP) is 4.86. The Morgan fingerprint density at radius 3 is 2.33 bits per heavy atom. The molecule has 3 N–H and O–H groups in total. The van der Waals surface area contributed by atoms with Crippen molar-refractivity contribution in [2.24, 2.45) is 4.99 Å². The fourth-order valence-electron chi connectivity index (χ4n) is 7.91. The summed E-state index contributed by atoms with van der Waals surface area (Å²) in [7, 11) is 1.28. The molecule has 2 aromatic heterocycles. The zero-order valence-corrected chi connectivity index (χ0v) is 30.3. The summed E-state index contributed by atoms with van der Waals surface area (Å²) in [4.78, 5) is 62.7. The molecule has 0 bridgehead atoms. The zero-order valence-electron chi connectivity index (χ0n) is 30.3. The average molecular weight is 732 g/mol. The van der Waals surface area contributed by atoms with Gasteiger partial charge in [-0.05, 0) is 48.4 Å². The highest BCUT2D eigenvalue weighted by molar-refractivity contribution is 5.93. The fraction of sp³-hybridized carbons (Fsp3) is 0.400. The summed E-state index contributed by atoms with van der Waals surface area (Å²) >= 11 is 0. The van der Waals surface area contributed by atoms with Crippen molar-refractivity contribution in [3.05, 3.63) is 96.1 Å². The number of likely N-dealkylation sites (tertiary alicyclic amines) is 2. The number of H-pyrrole nitrogens is 1. The third-order valence-corrected chi connectivity index (χ3v) is 10.8. The van der Waals surface area contributed by atoms with Gasteiger partial charge in [-0.1, -0.05) is 60.7 Å². The SMILES string of the molecule is COC(=O)N[C@@H](C(=O)N1CCC[C@H]1c1ncc(-c2ccc(-c3ccc(C4CN=C([C@@H]5CCCN5C(=O)N5CCOCC5)N4)cn3)cc2)[nH]1)c1ccccc1. The summed E-state index contributed by atoms with van der Waals surface area (Å²) in [5.74, 6) is 1.39. The number of amides is 4. The Morgan fingerprint density at radius 2 is 1.59 bits per heavy atom. The zero-order chi connectivity index (χ0) is 37.0. The first-order valence-corrected chi connectivity index (χ1v) is 18.7. The summed E-state index contributed by atoms with van der Waals surface area (Å²) in [5, 5.41) is 6.31. The minimum atomic E-state index is -0.871. The van der Waals surface area contributed by atoms with E-state index in [-0.39, 0.29) is 30.1 Å².